The molecule has 0 aliphatic heterocycles. The van der Waals surface area contributed by atoms with Crippen LogP contribution in [0.5, 0.6) is 5.75 Å². The van der Waals surface area contributed by atoms with E-state index in [0.29, 0.717) is 23.6 Å². The van der Waals surface area contributed by atoms with Crippen LogP contribution in [0.1, 0.15) is 28.7 Å². The molecular formula is C20H23N3O5. The highest BCUT2D eigenvalue weighted by atomic mass is 16.5. The molecule has 1 unspecified atom stereocenters. The first-order valence-electron chi connectivity index (χ1n) is 9.04. The summed E-state index contributed by atoms with van der Waals surface area (Å²) in [6.07, 6.45) is -0.801. The molecule has 3 rings (SSSR count). The molecule has 8 nitrogen and oxygen atoms in total. The minimum Gasteiger partial charge on any atom is -0.491 e. The molecule has 3 aromatic rings. The van der Waals surface area contributed by atoms with E-state index in [1.54, 1.807) is 37.3 Å². The lowest BCUT2D eigenvalue weighted by atomic mass is 10.2. The summed E-state index contributed by atoms with van der Waals surface area (Å²) in [5.74, 6) is 0.150. The second-order valence-electron chi connectivity index (χ2n) is 6.50. The zero-order valence-electron chi connectivity index (χ0n) is 16.1. The van der Waals surface area contributed by atoms with E-state index < -0.39 is 6.10 Å². The second-order valence-corrected chi connectivity index (χ2v) is 6.50. The number of aliphatic hydroxyl groups excluding tert-OH is 1. The van der Waals surface area contributed by atoms with Gasteiger partial charge in [-0.15, -0.1) is 0 Å². The van der Waals surface area contributed by atoms with Crippen molar-refractivity contribution in [3.05, 3.63) is 63.7 Å². The molecule has 0 saturated carbocycles. The van der Waals surface area contributed by atoms with Crippen molar-refractivity contribution in [2.45, 2.75) is 33.4 Å². The van der Waals surface area contributed by atoms with Gasteiger partial charge < -0.3 is 19.1 Å². The molecular weight excluding hydrogens is 362 g/mol. The summed E-state index contributed by atoms with van der Waals surface area (Å²) in [6.45, 7) is 6.00. The first kappa shape index (κ1) is 19.6. The van der Waals surface area contributed by atoms with Crippen LogP contribution in [-0.2, 0) is 11.3 Å². The predicted octanol–water partition coefficient (Wildman–Crippen LogP) is 1.73. The number of ether oxygens (including phenoxy) is 2. The quantitative estimate of drug-likeness (QED) is 0.623. The minimum atomic E-state index is -0.801. The van der Waals surface area contributed by atoms with E-state index in [0.717, 1.165) is 11.4 Å². The van der Waals surface area contributed by atoms with Crippen molar-refractivity contribution in [2.75, 3.05) is 13.2 Å². The normalized spacial score (nSPS) is 12.1. The molecule has 0 amide bonds. The average Bonchev–Trinajstić information content (AvgIpc) is 3.06. The van der Waals surface area contributed by atoms with Gasteiger partial charge in [0.2, 0.25) is 0 Å². The average molecular weight is 385 g/mol. The maximum absolute atomic E-state index is 12.0. The molecule has 0 spiro atoms. The van der Waals surface area contributed by atoms with E-state index in [2.05, 4.69) is 5.10 Å². The van der Waals surface area contributed by atoms with Crippen LogP contribution in [0.2, 0.25) is 0 Å². The van der Waals surface area contributed by atoms with Gasteiger partial charge in [0.15, 0.2) is 0 Å². The summed E-state index contributed by atoms with van der Waals surface area (Å²) >= 11 is 0. The molecule has 0 fully saturated rings. The predicted molar refractivity (Wildman–Crippen MR) is 103 cm³/mol. The third kappa shape index (κ3) is 4.23. The Bertz CT molecular complexity index is 1040. The summed E-state index contributed by atoms with van der Waals surface area (Å²) in [5.41, 5.74) is 2.32. The zero-order valence-corrected chi connectivity index (χ0v) is 16.1. The van der Waals surface area contributed by atoms with Gasteiger partial charge in [-0.2, -0.15) is 9.61 Å². The zero-order chi connectivity index (χ0) is 20.3. The fraction of sp³-hybridized carbons (Fsp3) is 0.350. The number of hydrogen-bond donors (Lipinski definition) is 1. The third-order valence-corrected chi connectivity index (χ3v) is 4.26. The Hall–Kier alpha value is -3.13. The maximum Gasteiger partial charge on any atom is 0.338 e. The Balaban J connectivity index is 1.67. The van der Waals surface area contributed by atoms with E-state index in [1.165, 1.54) is 10.6 Å². The molecule has 0 aliphatic carbocycles. The van der Waals surface area contributed by atoms with Gasteiger partial charge in [-0.3, -0.25) is 4.79 Å². The monoisotopic (exact) mass is 385 g/mol. The van der Waals surface area contributed by atoms with Gasteiger partial charge in [0.05, 0.1) is 24.4 Å². The van der Waals surface area contributed by atoms with Crippen molar-refractivity contribution in [3.63, 3.8) is 0 Å². The van der Waals surface area contributed by atoms with Crippen molar-refractivity contribution in [3.8, 4) is 5.75 Å². The van der Waals surface area contributed by atoms with Gasteiger partial charge in [-0.1, -0.05) is 0 Å². The smallest absolute Gasteiger partial charge is 0.338 e. The van der Waals surface area contributed by atoms with Crippen molar-refractivity contribution in [1.29, 1.82) is 0 Å². The molecule has 0 bridgehead atoms. The third-order valence-electron chi connectivity index (χ3n) is 4.26. The summed E-state index contributed by atoms with van der Waals surface area (Å²) in [6, 6.07) is 9.83. The summed E-state index contributed by atoms with van der Waals surface area (Å²) < 4.78 is 13.7. The number of aliphatic hydroxyl groups is 1. The lowest BCUT2D eigenvalue weighted by Crippen LogP contribution is -2.27. The van der Waals surface area contributed by atoms with E-state index in [1.807, 2.05) is 18.4 Å². The number of aryl methyl sites for hydroxylation is 2. The Morgan fingerprint density at radius 3 is 2.61 bits per heavy atom. The van der Waals surface area contributed by atoms with Crippen LogP contribution in [0.15, 0.2) is 41.2 Å². The van der Waals surface area contributed by atoms with E-state index in [4.69, 9.17) is 9.47 Å². The minimum absolute atomic E-state index is 0.0591. The van der Waals surface area contributed by atoms with Gasteiger partial charge >= 0.3 is 5.97 Å². The molecule has 1 atom stereocenters. The molecule has 0 aliphatic rings. The topological polar surface area (TPSA) is 95.1 Å². The highest BCUT2D eigenvalue weighted by Gasteiger charge is 2.14. The summed E-state index contributed by atoms with van der Waals surface area (Å²) in [7, 11) is 0. The Labute approximate surface area is 161 Å². The molecule has 148 valence electrons. The molecule has 2 aromatic heterocycles. The van der Waals surface area contributed by atoms with Gasteiger partial charge in [0.1, 0.15) is 24.1 Å². The number of esters is 1. The van der Waals surface area contributed by atoms with Crippen LogP contribution in [0.3, 0.4) is 0 Å². The number of carbonyl (C=O) groups excluding carboxylic acids is 1. The van der Waals surface area contributed by atoms with Gasteiger partial charge in [-0.25, -0.2) is 4.79 Å². The Morgan fingerprint density at radius 1 is 1.21 bits per heavy atom. The Morgan fingerprint density at radius 2 is 1.93 bits per heavy atom. The van der Waals surface area contributed by atoms with Crippen LogP contribution >= 0.6 is 0 Å². The van der Waals surface area contributed by atoms with Gasteiger partial charge in [0.25, 0.3) is 5.56 Å². The molecule has 8 heteroatoms. The molecule has 1 aromatic carbocycles. The number of hydrogen-bond acceptors (Lipinski definition) is 6. The molecule has 1 N–H and O–H groups in total. The first-order valence-corrected chi connectivity index (χ1v) is 9.04. The fourth-order valence-electron chi connectivity index (χ4n) is 2.93. The van der Waals surface area contributed by atoms with E-state index in [9.17, 15) is 14.7 Å². The van der Waals surface area contributed by atoms with Crippen LogP contribution in [0, 0.1) is 13.8 Å². The van der Waals surface area contributed by atoms with Crippen molar-refractivity contribution < 1.29 is 19.4 Å². The molecule has 0 saturated heterocycles. The van der Waals surface area contributed by atoms with Crippen molar-refractivity contribution in [2.24, 2.45) is 0 Å². The van der Waals surface area contributed by atoms with Crippen LogP contribution in [-0.4, -0.2) is 44.6 Å². The fourth-order valence-corrected chi connectivity index (χ4v) is 2.93. The number of rotatable bonds is 7. The van der Waals surface area contributed by atoms with E-state index in [-0.39, 0.29) is 24.7 Å². The highest BCUT2D eigenvalue weighted by Crippen LogP contribution is 2.14. The number of carbonyl (C=O) groups is 1. The SMILES string of the molecule is CCOC(=O)c1ccc(OCC(O)Cn2c(C)cc(=O)n3nc(C)cc23)cc1. The van der Waals surface area contributed by atoms with E-state index >= 15 is 0 Å². The van der Waals surface area contributed by atoms with Crippen molar-refractivity contribution >= 4 is 11.6 Å². The molecule has 2 heterocycles. The number of nitrogens with zero attached hydrogens (tertiary/aromatic N) is 3. The second kappa shape index (κ2) is 8.26. The number of fused-ring (bicyclic) bond motifs is 1. The van der Waals surface area contributed by atoms with Crippen LogP contribution in [0.25, 0.3) is 5.65 Å². The van der Waals surface area contributed by atoms with Crippen LogP contribution in [0.4, 0.5) is 0 Å². The number of benzene rings is 1. The molecule has 28 heavy (non-hydrogen) atoms. The maximum atomic E-state index is 12.0. The molecule has 0 radical (unpaired) electrons. The summed E-state index contributed by atoms with van der Waals surface area (Å²) in [5, 5.41) is 14.6. The first-order chi connectivity index (χ1) is 13.4. The highest BCUT2D eigenvalue weighted by molar-refractivity contribution is 5.89. The van der Waals surface area contributed by atoms with Gasteiger partial charge in [-0.05, 0) is 45.0 Å². The standard InChI is InChI=1S/C20H23N3O5/c1-4-27-20(26)15-5-7-17(8-6-15)28-12-16(24)11-22-14(3)10-19(25)23-18(22)9-13(2)21-23/h5-10,16,24H,4,11-12H2,1-3H3. The van der Waals surface area contributed by atoms with Gasteiger partial charge in [0, 0.05) is 17.8 Å². The number of aromatic nitrogens is 3. The Kier molecular flexibility index (Phi) is 5.79. The van der Waals surface area contributed by atoms with Crippen molar-refractivity contribution in [1.82, 2.24) is 14.2 Å². The lowest BCUT2D eigenvalue weighted by Gasteiger charge is -2.17. The summed E-state index contributed by atoms with van der Waals surface area (Å²) in [4.78, 5) is 23.7. The lowest BCUT2D eigenvalue weighted by molar-refractivity contribution is 0.0526. The van der Waals surface area contributed by atoms with Crippen LogP contribution < -0.4 is 10.3 Å². The largest absolute Gasteiger partial charge is 0.491 e.